The number of amides is 1. The zero-order chi connectivity index (χ0) is 10.6. The molecule has 1 amide bonds. The van der Waals surface area contributed by atoms with Gasteiger partial charge in [-0.05, 0) is 25.2 Å². The van der Waals surface area contributed by atoms with Gasteiger partial charge in [-0.15, -0.1) is 0 Å². The Kier molecular flexibility index (Phi) is 3.75. The Hall–Kier alpha value is -0.770. The standard InChI is InChI=1S/C10H19NO3/c1-8(2)6-14-9(13)11-10(7-12)4-3-5-10/h8,12H,3-7H2,1-2H3,(H,11,13). The molecule has 0 unspecified atom stereocenters. The summed E-state index contributed by atoms with van der Waals surface area (Å²) in [5.74, 6) is 0.340. The van der Waals surface area contributed by atoms with Gasteiger partial charge in [-0.25, -0.2) is 4.79 Å². The number of carbonyl (C=O) groups is 1. The van der Waals surface area contributed by atoms with Crippen molar-refractivity contribution in [2.75, 3.05) is 13.2 Å². The van der Waals surface area contributed by atoms with Crippen molar-refractivity contribution in [3.8, 4) is 0 Å². The van der Waals surface area contributed by atoms with Crippen LogP contribution < -0.4 is 5.32 Å². The molecule has 0 saturated heterocycles. The number of rotatable bonds is 4. The van der Waals surface area contributed by atoms with Crippen LogP contribution in [0.15, 0.2) is 0 Å². The van der Waals surface area contributed by atoms with E-state index in [9.17, 15) is 4.79 Å². The van der Waals surface area contributed by atoms with E-state index in [4.69, 9.17) is 9.84 Å². The van der Waals surface area contributed by atoms with E-state index in [1.165, 1.54) is 0 Å². The number of alkyl carbamates (subject to hydrolysis) is 1. The summed E-state index contributed by atoms with van der Waals surface area (Å²) < 4.78 is 4.98. The second kappa shape index (κ2) is 4.64. The highest BCUT2D eigenvalue weighted by atomic mass is 16.5. The maximum absolute atomic E-state index is 11.3. The molecule has 0 aromatic carbocycles. The van der Waals surface area contributed by atoms with Gasteiger partial charge in [-0.2, -0.15) is 0 Å². The van der Waals surface area contributed by atoms with Crippen LogP contribution >= 0.6 is 0 Å². The van der Waals surface area contributed by atoms with Crippen LogP contribution in [-0.4, -0.2) is 30.0 Å². The number of hydrogen-bond acceptors (Lipinski definition) is 3. The van der Waals surface area contributed by atoms with Crippen LogP contribution in [0.25, 0.3) is 0 Å². The van der Waals surface area contributed by atoms with E-state index >= 15 is 0 Å². The van der Waals surface area contributed by atoms with Gasteiger partial charge in [0.15, 0.2) is 0 Å². The fourth-order valence-corrected chi connectivity index (χ4v) is 1.42. The molecule has 0 aromatic rings. The lowest BCUT2D eigenvalue weighted by Gasteiger charge is -2.40. The molecule has 1 rings (SSSR count). The first-order valence-corrected chi connectivity index (χ1v) is 5.14. The second-order valence-corrected chi connectivity index (χ2v) is 4.41. The number of aliphatic hydroxyl groups excluding tert-OH is 1. The van der Waals surface area contributed by atoms with Crippen LogP contribution in [0.5, 0.6) is 0 Å². The summed E-state index contributed by atoms with van der Waals surface area (Å²) in [4.78, 5) is 11.3. The number of carbonyl (C=O) groups excluding carboxylic acids is 1. The van der Waals surface area contributed by atoms with E-state index in [-0.39, 0.29) is 6.61 Å². The van der Waals surface area contributed by atoms with Gasteiger partial charge >= 0.3 is 6.09 Å². The third kappa shape index (κ3) is 2.87. The molecular weight excluding hydrogens is 182 g/mol. The normalized spacial score (nSPS) is 18.9. The molecular formula is C10H19NO3. The minimum atomic E-state index is -0.410. The van der Waals surface area contributed by atoms with Crippen molar-refractivity contribution in [1.82, 2.24) is 5.32 Å². The summed E-state index contributed by atoms with van der Waals surface area (Å²) in [5, 5.41) is 11.8. The molecule has 0 radical (unpaired) electrons. The molecule has 82 valence electrons. The van der Waals surface area contributed by atoms with E-state index in [1.807, 2.05) is 13.8 Å². The minimum absolute atomic E-state index is 0.00375. The molecule has 14 heavy (non-hydrogen) atoms. The number of nitrogens with one attached hydrogen (secondary N) is 1. The average Bonchev–Trinajstić information content (AvgIpc) is 2.08. The van der Waals surface area contributed by atoms with E-state index < -0.39 is 11.6 Å². The summed E-state index contributed by atoms with van der Waals surface area (Å²) in [6.45, 7) is 4.40. The van der Waals surface area contributed by atoms with Crippen molar-refractivity contribution in [3.63, 3.8) is 0 Å². The fraction of sp³-hybridized carbons (Fsp3) is 0.900. The van der Waals surface area contributed by atoms with Crippen LogP contribution in [0.2, 0.25) is 0 Å². The van der Waals surface area contributed by atoms with Crippen molar-refractivity contribution in [1.29, 1.82) is 0 Å². The van der Waals surface area contributed by atoms with Gasteiger partial charge in [0, 0.05) is 0 Å². The highest BCUT2D eigenvalue weighted by Gasteiger charge is 2.38. The highest BCUT2D eigenvalue weighted by Crippen LogP contribution is 2.31. The molecule has 0 aliphatic heterocycles. The smallest absolute Gasteiger partial charge is 0.407 e. The Bertz CT molecular complexity index is 194. The maximum Gasteiger partial charge on any atom is 0.407 e. The van der Waals surface area contributed by atoms with E-state index in [2.05, 4.69) is 5.32 Å². The van der Waals surface area contributed by atoms with E-state index in [0.29, 0.717) is 12.5 Å². The van der Waals surface area contributed by atoms with Crippen molar-refractivity contribution in [2.45, 2.75) is 38.6 Å². The van der Waals surface area contributed by atoms with Gasteiger partial charge in [0.05, 0.1) is 18.8 Å². The largest absolute Gasteiger partial charge is 0.449 e. The summed E-state index contributed by atoms with van der Waals surface area (Å²) in [6.07, 6.45) is 2.35. The van der Waals surface area contributed by atoms with Crippen molar-refractivity contribution in [3.05, 3.63) is 0 Å². The van der Waals surface area contributed by atoms with Crippen molar-refractivity contribution in [2.24, 2.45) is 5.92 Å². The molecule has 0 heterocycles. The molecule has 0 spiro atoms. The molecule has 0 bridgehead atoms. The van der Waals surface area contributed by atoms with Gasteiger partial charge in [-0.3, -0.25) is 0 Å². The lowest BCUT2D eigenvalue weighted by atomic mass is 9.77. The van der Waals surface area contributed by atoms with Crippen LogP contribution in [0.3, 0.4) is 0 Å². The van der Waals surface area contributed by atoms with Gasteiger partial charge in [0.25, 0.3) is 0 Å². The highest BCUT2D eigenvalue weighted by molar-refractivity contribution is 5.68. The van der Waals surface area contributed by atoms with Crippen molar-refractivity contribution >= 4 is 6.09 Å². The molecule has 1 aliphatic carbocycles. The molecule has 2 N–H and O–H groups in total. The topological polar surface area (TPSA) is 58.6 Å². The number of hydrogen-bond donors (Lipinski definition) is 2. The Morgan fingerprint density at radius 2 is 2.21 bits per heavy atom. The third-order valence-corrected chi connectivity index (χ3v) is 2.53. The van der Waals surface area contributed by atoms with Crippen LogP contribution in [0.1, 0.15) is 33.1 Å². The lowest BCUT2D eigenvalue weighted by Crippen LogP contribution is -2.56. The summed E-state index contributed by atoms with van der Waals surface area (Å²) in [6, 6.07) is 0. The fourth-order valence-electron chi connectivity index (χ4n) is 1.42. The van der Waals surface area contributed by atoms with Gasteiger partial charge in [0.1, 0.15) is 0 Å². The van der Waals surface area contributed by atoms with Crippen molar-refractivity contribution < 1.29 is 14.6 Å². The first-order valence-electron chi connectivity index (χ1n) is 5.14. The predicted molar refractivity (Wildman–Crippen MR) is 53.0 cm³/mol. The zero-order valence-corrected chi connectivity index (χ0v) is 8.88. The van der Waals surface area contributed by atoms with Gasteiger partial charge < -0.3 is 15.2 Å². The Balaban J connectivity index is 2.25. The summed E-state index contributed by atoms with van der Waals surface area (Å²) in [5.41, 5.74) is -0.395. The molecule has 1 saturated carbocycles. The minimum Gasteiger partial charge on any atom is -0.449 e. The molecule has 4 nitrogen and oxygen atoms in total. The average molecular weight is 201 g/mol. The molecule has 1 aliphatic rings. The number of ether oxygens (including phenoxy) is 1. The predicted octanol–water partition coefficient (Wildman–Crippen LogP) is 1.28. The Morgan fingerprint density at radius 3 is 2.57 bits per heavy atom. The molecule has 0 atom stereocenters. The lowest BCUT2D eigenvalue weighted by molar-refractivity contribution is 0.0675. The molecule has 4 heteroatoms. The number of aliphatic hydroxyl groups is 1. The van der Waals surface area contributed by atoms with Gasteiger partial charge in [-0.1, -0.05) is 13.8 Å². The Labute approximate surface area is 84.6 Å². The first-order chi connectivity index (χ1) is 6.58. The van der Waals surface area contributed by atoms with E-state index in [0.717, 1.165) is 19.3 Å². The summed E-state index contributed by atoms with van der Waals surface area (Å²) in [7, 11) is 0. The SMILES string of the molecule is CC(C)COC(=O)NC1(CO)CCC1. The zero-order valence-electron chi connectivity index (χ0n) is 8.88. The first kappa shape index (κ1) is 11.3. The van der Waals surface area contributed by atoms with Crippen LogP contribution in [0, 0.1) is 5.92 Å². The summed E-state index contributed by atoms with van der Waals surface area (Å²) >= 11 is 0. The maximum atomic E-state index is 11.3. The second-order valence-electron chi connectivity index (χ2n) is 4.41. The molecule has 1 fully saturated rings. The van der Waals surface area contributed by atoms with Crippen LogP contribution in [-0.2, 0) is 4.74 Å². The third-order valence-electron chi connectivity index (χ3n) is 2.53. The van der Waals surface area contributed by atoms with Crippen LogP contribution in [0.4, 0.5) is 4.79 Å². The van der Waals surface area contributed by atoms with E-state index in [1.54, 1.807) is 0 Å². The molecule has 0 aromatic heterocycles. The quantitative estimate of drug-likeness (QED) is 0.720. The van der Waals surface area contributed by atoms with Gasteiger partial charge in [0.2, 0.25) is 0 Å². The Morgan fingerprint density at radius 1 is 1.57 bits per heavy atom. The monoisotopic (exact) mass is 201 g/mol.